The molecule has 1 unspecified atom stereocenters. The van der Waals surface area contributed by atoms with Crippen molar-refractivity contribution in [2.75, 3.05) is 24.6 Å². The maximum absolute atomic E-state index is 13.6. The second-order valence-corrected chi connectivity index (χ2v) is 13.2. The zero-order chi connectivity index (χ0) is 30.8. The first-order valence-electron chi connectivity index (χ1n) is 14.8. The second-order valence-electron chi connectivity index (χ2n) is 13.2. The standard InChI is InChI=1S/C35H45FN2O4/c1-22-21-25(9-14-28(22)36)15-20-41-27-12-10-26(11-13-27)29-23(2)37-24(3)30(32(33(39)40)42-34(4,5)6)31(29)38-18-16-35(7,8)17-19-38/h9-14,21,32H,15-20H2,1-8H3,(H,39,40). The molecule has 42 heavy (non-hydrogen) atoms. The van der Waals surface area contributed by atoms with Crippen LogP contribution in [0.2, 0.25) is 0 Å². The number of pyridine rings is 1. The van der Waals surface area contributed by atoms with Crippen LogP contribution in [0.15, 0.2) is 42.5 Å². The van der Waals surface area contributed by atoms with E-state index in [4.69, 9.17) is 14.5 Å². The van der Waals surface area contributed by atoms with Crippen molar-refractivity contribution in [3.05, 3.63) is 76.4 Å². The highest BCUT2D eigenvalue weighted by Crippen LogP contribution is 2.45. The van der Waals surface area contributed by atoms with Crippen molar-refractivity contribution in [1.29, 1.82) is 0 Å². The topological polar surface area (TPSA) is 71.9 Å². The van der Waals surface area contributed by atoms with Crippen LogP contribution in [-0.4, -0.2) is 41.4 Å². The van der Waals surface area contributed by atoms with E-state index in [0.717, 1.165) is 59.8 Å². The summed E-state index contributed by atoms with van der Waals surface area (Å²) in [6.07, 6.45) is 1.53. The third-order valence-electron chi connectivity index (χ3n) is 7.99. The Morgan fingerprint density at radius 1 is 1.05 bits per heavy atom. The lowest BCUT2D eigenvalue weighted by Crippen LogP contribution is -2.39. The predicted molar refractivity (Wildman–Crippen MR) is 166 cm³/mol. The molecule has 1 fully saturated rings. The molecular formula is C35H45FN2O4. The van der Waals surface area contributed by atoms with E-state index in [1.807, 2.05) is 65.0 Å². The number of carboxylic acid groups (broad SMARTS) is 1. The number of nitrogens with zero attached hydrogens (tertiary/aromatic N) is 2. The number of aliphatic carboxylic acids is 1. The van der Waals surface area contributed by atoms with Gasteiger partial charge in [0, 0.05) is 42.0 Å². The summed E-state index contributed by atoms with van der Waals surface area (Å²) in [6.45, 7) is 17.9. The summed E-state index contributed by atoms with van der Waals surface area (Å²) in [5.41, 5.74) is 6.12. The Kier molecular flexibility index (Phi) is 9.31. The van der Waals surface area contributed by atoms with E-state index in [2.05, 4.69) is 18.7 Å². The van der Waals surface area contributed by atoms with Crippen molar-refractivity contribution in [3.8, 4) is 16.9 Å². The molecule has 226 valence electrons. The van der Waals surface area contributed by atoms with Crippen LogP contribution in [0.3, 0.4) is 0 Å². The lowest BCUT2D eigenvalue weighted by atomic mass is 9.82. The Bertz CT molecular complexity index is 1420. The van der Waals surface area contributed by atoms with Crippen LogP contribution in [0.1, 0.15) is 81.6 Å². The molecule has 4 rings (SSSR count). The Morgan fingerprint density at radius 3 is 2.26 bits per heavy atom. The number of aryl methyl sites for hydroxylation is 3. The summed E-state index contributed by atoms with van der Waals surface area (Å²) in [5.74, 6) is -0.494. The lowest BCUT2D eigenvalue weighted by molar-refractivity contribution is -0.160. The summed E-state index contributed by atoms with van der Waals surface area (Å²) in [4.78, 5) is 19.9. The van der Waals surface area contributed by atoms with Crippen molar-refractivity contribution >= 4 is 11.7 Å². The zero-order valence-corrected chi connectivity index (χ0v) is 26.3. The highest BCUT2D eigenvalue weighted by molar-refractivity contribution is 5.88. The fourth-order valence-electron chi connectivity index (χ4n) is 5.62. The normalized spacial score (nSPS) is 15.9. The molecule has 0 bridgehead atoms. The molecule has 1 aliphatic heterocycles. The van der Waals surface area contributed by atoms with Crippen molar-refractivity contribution in [3.63, 3.8) is 0 Å². The third kappa shape index (κ3) is 7.49. The monoisotopic (exact) mass is 576 g/mol. The van der Waals surface area contributed by atoms with E-state index in [-0.39, 0.29) is 11.2 Å². The second kappa shape index (κ2) is 12.4. The van der Waals surface area contributed by atoms with Crippen molar-refractivity contribution in [2.24, 2.45) is 5.41 Å². The van der Waals surface area contributed by atoms with Gasteiger partial charge in [0.05, 0.1) is 17.9 Å². The van der Waals surface area contributed by atoms with Crippen LogP contribution in [0.5, 0.6) is 5.75 Å². The largest absolute Gasteiger partial charge is 0.493 e. The Labute approximate surface area is 249 Å². The summed E-state index contributed by atoms with van der Waals surface area (Å²) in [6, 6.07) is 13.0. The number of piperidine rings is 1. The quantitative estimate of drug-likeness (QED) is 0.278. The Morgan fingerprint density at radius 2 is 1.69 bits per heavy atom. The van der Waals surface area contributed by atoms with Gasteiger partial charge in [-0.2, -0.15) is 0 Å². The van der Waals surface area contributed by atoms with Crippen LogP contribution < -0.4 is 9.64 Å². The van der Waals surface area contributed by atoms with Crippen LogP contribution in [0.25, 0.3) is 11.1 Å². The minimum atomic E-state index is -1.15. The molecule has 1 saturated heterocycles. The van der Waals surface area contributed by atoms with Crippen LogP contribution in [0, 0.1) is 32.0 Å². The van der Waals surface area contributed by atoms with E-state index in [9.17, 15) is 14.3 Å². The summed E-state index contributed by atoms with van der Waals surface area (Å²) in [5, 5.41) is 10.4. The van der Waals surface area contributed by atoms with E-state index in [1.54, 1.807) is 13.0 Å². The third-order valence-corrected chi connectivity index (χ3v) is 7.99. The fourth-order valence-corrected chi connectivity index (χ4v) is 5.62. The van der Waals surface area contributed by atoms with Gasteiger partial charge in [-0.25, -0.2) is 9.18 Å². The number of carbonyl (C=O) groups is 1. The number of anilines is 1. The molecule has 0 amide bonds. The van der Waals surface area contributed by atoms with Gasteiger partial charge in [-0.15, -0.1) is 0 Å². The average Bonchev–Trinajstić information content (AvgIpc) is 2.89. The SMILES string of the molecule is Cc1cc(CCOc2ccc(-c3c(C)nc(C)c(C(OC(C)(C)C)C(=O)O)c3N3CCC(C)(C)CC3)cc2)ccc1F. The molecule has 1 N–H and O–H groups in total. The van der Waals surface area contributed by atoms with Crippen molar-refractivity contribution in [2.45, 2.75) is 86.4 Å². The predicted octanol–water partition coefficient (Wildman–Crippen LogP) is 8.00. The smallest absolute Gasteiger partial charge is 0.337 e. The number of hydrogen-bond donors (Lipinski definition) is 1. The highest BCUT2D eigenvalue weighted by Gasteiger charge is 2.36. The minimum absolute atomic E-state index is 0.202. The molecule has 0 spiro atoms. The minimum Gasteiger partial charge on any atom is -0.493 e. The highest BCUT2D eigenvalue weighted by atomic mass is 19.1. The van der Waals surface area contributed by atoms with Crippen LogP contribution in [0.4, 0.5) is 10.1 Å². The maximum atomic E-state index is 13.6. The van der Waals surface area contributed by atoms with Gasteiger partial charge in [-0.05, 0) is 94.7 Å². The van der Waals surface area contributed by atoms with Crippen molar-refractivity contribution in [1.82, 2.24) is 4.98 Å². The van der Waals surface area contributed by atoms with Crippen molar-refractivity contribution < 1.29 is 23.8 Å². The zero-order valence-electron chi connectivity index (χ0n) is 26.3. The van der Waals surface area contributed by atoms with Crippen LogP contribution in [-0.2, 0) is 16.0 Å². The van der Waals surface area contributed by atoms with E-state index in [0.29, 0.717) is 29.8 Å². The maximum Gasteiger partial charge on any atom is 0.337 e. The van der Waals surface area contributed by atoms with E-state index in [1.165, 1.54) is 6.07 Å². The molecule has 0 radical (unpaired) electrons. The van der Waals surface area contributed by atoms with Gasteiger partial charge >= 0.3 is 5.97 Å². The number of ether oxygens (including phenoxy) is 2. The first-order valence-corrected chi connectivity index (χ1v) is 14.8. The molecule has 0 saturated carbocycles. The van der Waals surface area contributed by atoms with E-state index >= 15 is 0 Å². The molecule has 7 heteroatoms. The van der Waals surface area contributed by atoms with Gasteiger partial charge < -0.3 is 19.5 Å². The van der Waals surface area contributed by atoms with Gasteiger partial charge in [0.1, 0.15) is 11.6 Å². The van der Waals surface area contributed by atoms with Crippen LogP contribution >= 0.6 is 0 Å². The average molecular weight is 577 g/mol. The summed E-state index contributed by atoms with van der Waals surface area (Å²) < 4.78 is 25.8. The summed E-state index contributed by atoms with van der Waals surface area (Å²) in [7, 11) is 0. The number of halogens is 1. The van der Waals surface area contributed by atoms with Gasteiger partial charge in [-0.1, -0.05) is 38.1 Å². The molecule has 3 aromatic rings. The van der Waals surface area contributed by atoms with Gasteiger partial charge in [0.15, 0.2) is 6.10 Å². The fraction of sp³-hybridized carbons (Fsp3) is 0.486. The number of aromatic nitrogens is 1. The molecule has 6 nitrogen and oxygen atoms in total. The number of benzene rings is 2. The molecule has 1 aliphatic rings. The first-order chi connectivity index (χ1) is 19.6. The molecule has 2 heterocycles. The summed E-state index contributed by atoms with van der Waals surface area (Å²) >= 11 is 0. The van der Waals surface area contributed by atoms with E-state index < -0.39 is 17.7 Å². The molecular weight excluding hydrogens is 531 g/mol. The molecule has 1 aromatic heterocycles. The van der Waals surface area contributed by atoms with Gasteiger partial charge in [0.2, 0.25) is 0 Å². The molecule has 2 aromatic carbocycles. The van der Waals surface area contributed by atoms with Gasteiger partial charge in [0.25, 0.3) is 0 Å². The molecule has 0 aliphatic carbocycles. The lowest BCUT2D eigenvalue weighted by Gasteiger charge is -2.41. The molecule has 1 atom stereocenters. The Balaban J connectivity index is 1.70. The Hall–Kier alpha value is -3.45. The number of hydrogen-bond acceptors (Lipinski definition) is 5. The number of rotatable bonds is 9. The van der Waals surface area contributed by atoms with Gasteiger partial charge in [-0.3, -0.25) is 4.98 Å². The number of carboxylic acids is 1. The first kappa shape index (κ1) is 31.5.